The van der Waals surface area contributed by atoms with Crippen LogP contribution in [-0.4, -0.2) is 80.8 Å². The van der Waals surface area contributed by atoms with Gasteiger partial charge in [-0.25, -0.2) is 4.99 Å². The summed E-state index contributed by atoms with van der Waals surface area (Å²) >= 11 is 0. The molecule has 3 atom stereocenters. The van der Waals surface area contributed by atoms with Crippen molar-refractivity contribution in [2.24, 2.45) is 21.9 Å². The molecule has 0 aromatic heterocycles. The summed E-state index contributed by atoms with van der Waals surface area (Å²) in [7, 11) is 5.98. The third-order valence-corrected chi connectivity index (χ3v) is 7.83. The maximum atomic E-state index is 5.38. The van der Waals surface area contributed by atoms with Crippen LogP contribution in [0.3, 0.4) is 0 Å². The first-order valence-electron chi connectivity index (χ1n) is 13.2. The molecule has 2 heterocycles. The molecule has 3 aliphatic carbocycles. The number of allylic oxidation sites excluding steroid dienone is 7. The summed E-state index contributed by atoms with van der Waals surface area (Å²) in [6.07, 6.45) is 19.8. The number of nitrogens with zero attached hydrogens (tertiary/aromatic N) is 4. The first-order chi connectivity index (χ1) is 17.5. The van der Waals surface area contributed by atoms with E-state index in [4.69, 9.17) is 10.1 Å². The van der Waals surface area contributed by atoms with E-state index in [1.807, 2.05) is 20.2 Å². The van der Waals surface area contributed by atoms with Crippen molar-refractivity contribution in [1.82, 2.24) is 25.9 Å². The Kier molecular flexibility index (Phi) is 7.04. The highest BCUT2D eigenvalue weighted by Gasteiger charge is 2.44. The number of aliphatic imine (C=N–C) groups is 1. The highest BCUT2D eigenvalue weighted by atomic mass is 15.3. The number of hydrazone groups is 1. The van der Waals surface area contributed by atoms with E-state index in [0.29, 0.717) is 11.8 Å². The summed E-state index contributed by atoms with van der Waals surface area (Å²) < 4.78 is 0. The first kappa shape index (κ1) is 24.4. The van der Waals surface area contributed by atoms with Crippen molar-refractivity contribution in [3.05, 3.63) is 76.9 Å². The second kappa shape index (κ2) is 10.4. The highest BCUT2D eigenvalue weighted by molar-refractivity contribution is 6.48. The second-order valence-electron chi connectivity index (χ2n) is 10.2. The van der Waals surface area contributed by atoms with Gasteiger partial charge in [-0.05, 0) is 48.6 Å². The van der Waals surface area contributed by atoms with Gasteiger partial charge in [0.1, 0.15) is 11.3 Å². The van der Waals surface area contributed by atoms with Crippen LogP contribution in [0.5, 0.6) is 0 Å². The molecule has 0 bridgehead atoms. The maximum absolute atomic E-state index is 5.38. The highest BCUT2D eigenvalue weighted by Crippen LogP contribution is 2.38. The molecule has 5 rings (SSSR count). The number of piperazine rings is 1. The van der Waals surface area contributed by atoms with Crippen molar-refractivity contribution in [2.45, 2.75) is 25.3 Å². The molecule has 1 saturated heterocycles. The van der Waals surface area contributed by atoms with Crippen LogP contribution in [0.25, 0.3) is 0 Å². The van der Waals surface area contributed by atoms with Crippen LogP contribution in [0.2, 0.25) is 0 Å². The molecule has 0 radical (unpaired) electrons. The van der Waals surface area contributed by atoms with Crippen LogP contribution in [0, 0.1) is 11.8 Å². The fourth-order valence-electron chi connectivity index (χ4n) is 5.98. The quantitative estimate of drug-likeness (QED) is 0.307. The van der Waals surface area contributed by atoms with E-state index in [1.54, 1.807) is 0 Å². The van der Waals surface area contributed by atoms with Gasteiger partial charge in [-0.15, -0.1) is 5.73 Å². The van der Waals surface area contributed by atoms with Gasteiger partial charge in [-0.1, -0.05) is 36.8 Å². The first-order valence-corrected chi connectivity index (χ1v) is 13.2. The zero-order chi connectivity index (χ0) is 25.1. The number of rotatable bonds is 6. The van der Waals surface area contributed by atoms with Crippen LogP contribution >= 0.6 is 0 Å². The molecule has 7 nitrogen and oxygen atoms in total. The molecule has 1 spiro atoms. The fourth-order valence-corrected chi connectivity index (χ4v) is 5.98. The molecule has 0 amide bonds. The maximum Gasteiger partial charge on any atom is 0.153 e. The van der Waals surface area contributed by atoms with Gasteiger partial charge in [0.05, 0.1) is 6.54 Å². The van der Waals surface area contributed by atoms with Crippen molar-refractivity contribution >= 4 is 11.5 Å². The Bertz CT molecular complexity index is 1150. The summed E-state index contributed by atoms with van der Waals surface area (Å²) in [5, 5.41) is 11.5. The Balaban J connectivity index is 1.44. The van der Waals surface area contributed by atoms with Crippen molar-refractivity contribution in [2.75, 3.05) is 53.9 Å². The molecule has 0 aromatic rings. The van der Waals surface area contributed by atoms with Gasteiger partial charge >= 0.3 is 0 Å². The van der Waals surface area contributed by atoms with Gasteiger partial charge in [-0.2, -0.15) is 5.10 Å². The lowest BCUT2D eigenvalue weighted by Crippen LogP contribution is -2.49. The molecule has 7 heteroatoms. The predicted octanol–water partition coefficient (Wildman–Crippen LogP) is 2.73. The number of hydrogen-bond acceptors (Lipinski definition) is 7. The van der Waals surface area contributed by atoms with Gasteiger partial charge in [0.25, 0.3) is 0 Å². The number of likely N-dealkylation sites (N-methyl/N-ethyl adjacent to an activating group) is 2. The Morgan fingerprint density at radius 3 is 2.75 bits per heavy atom. The molecule has 5 aliphatic rings. The monoisotopic (exact) mass is 485 g/mol. The third-order valence-electron chi connectivity index (χ3n) is 7.83. The van der Waals surface area contributed by atoms with Gasteiger partial charge in [0, 0.05) is 64.6 Å². The lowest BCUT2D eigenvalue weighted by molar-refractivity contribution is 0.262. The predicted molar refractivity (Wildman–Crippen MR) is 149 cm³/mol. The number of nitrogens with one attached hydrogen (secondary N) is 3. The summed E-state index contributed by atoms with van der Waals surface area (Å²) in [6.45, 7) is 7.13. The minimum atomic E-state index is -0.420. The van der Waals surface area contributed by atoms with E-state index in [0.717, 1.165) is 57.1 Å². The van der Waals surface area contributed by atoms with Gasteiger partial charge in [0.15, 0.2) is 5.84 Å². The van der Waals surface area contributed by atoms with E-state index in [9.17, 15) is 0 Å². The zero-order valence-electron chi connectivity index (χ0n) is 22.0. The summed E-state index contributed by atoms with van der Waals surface area (Å²) in [5.41, 5.74) is 12.1. The van der Waals surface area contributed by atoms with Crippen LogP contribution in [0.15, 0.2) is 87.0 Å². The van der Waals surface area contributed by atoms with E-state index in [1.165, 1.54) is 22.5 Å². The van der Waals surface area contributed by atoms with E-state index >= 15 is 0 Å². The zero-order valence-corrected chi connectivity index (χ0v) is 22.0. The molecule has 2 aliphatic heterocycles. The molecule has 1 fully saturated rings. The topological polar surface area (TPSA) is 67.3 Å². The molecule has 0 aromatic carbocycles. The average Bonchev–Trinajstić information content (AvgIpc) is 3.23. The second-order valence-corrected chi connectivity index (χ2v) is 10.2. The number of hydrogen-bond donors (Lipinski definition) is 3. The van der Waals surface area contributed by atoms with Gasteiger partial charge in [-0.3, -0.25) is 0 Å². The summed E-state index contributed by atoms with van der Waals surface area (Å²) in [6, 6.07) is 0. The molecule has 190 valence electrons. The Morgan fingerprint density at radius 2 is 2.06 bits per heavy atom. The third kappa shape index (κ3) is 4.61. The van der Waals surface area contributed by atoms with Crippen molar-refractivity contribution in [1.29, 1.82) is 0 Å². The molecule has 36 heavy (non-hydrogen) atoms. The largest absolute Gasteiger partial charge is 0.388 e. The smallest absolute Gasteiger partial charge is 0.153 e. The molecule has 0 saturated carbocycles. The summed E-state index contributed by atoms with van der Waals surface area (Å²) in [4.78, 5) is 10.1. The SMILES string of the molecule is CN/N=C(\C1=CC=C(C2C=CC(NC)=CC2)C(C)C1)C1=NC2(C=C=CC=C2N2CCNCC2)CN1C. The molecule has 3 N–H and O–H groups in total. The lowest BCUT2D eigenvalue weighted by atomic mass is 9.78. The Morgan fingerprint density at radius 1 is 1.22 bits per heavy atom. The van der Waals surface area contributed by atoms with Crippen LogP contribution in [0.1, 0.15) is 19.8 Å². The Labute approximate surface area is 215 Å². The standard InChI is InChI=1S/C29H39N7/c1-21-19-23(10-13-25(21)22-8-11-24(30-2)12-9-22)27(34-31-3)28-33-29(20-35(28)4)14-6-5-7-26(29)36-17-15-32-16-18-36/h5,7-8,10-14,21-22,30-32H,9,15-20H2,1-4H3/b34-27+. The average molecular weight is 486 g/mol. The molecular formula is C29H39N7. The number of amidine groups is 1. The van der Waals surface area contributed by atoms with E-state index in [-0.39, 0.29) is 0 Å². The van der Waals surface area contributed by atoms with Crippen molar-refractivity contribution < 1.29 is 0 Å². The molecule has 3 unspecified atom stereocenters. The summed E-state index contributed by atoms with van der Waals surface area (Å²) in [5.74, 6) is 1.85. The Hall–Kier alpha value is -3.28. The minimum absolute atomic E-state index is 0.420. The lowest BCUT2D eigenvalue weighted by Gasteiger charge is -2.38. The van der Waals surface area contributed by atoms with Crippen LogP contribution in [-0.2, 0) is 0 Å². The fraction of sp³-hybridized carbons (Fsp3) is 0.483. The normalized spacial score (nSPS) is 30.1. The van der Waals surface area contributed by atoms with E-state index in [2.05, 4.69) is 88.1 Å². The van der Waals surface area contributed by atoms with Gasteiger partial charge < -0.3 is 25.9 Å². The van der Waals surface area contributed by atoms with Crippen molar-refractivity contribution in [3.8, 4) is 0 Å². The van der Waals surface area contributed by atoms with Gasteiger partial charge in [0.2, 0.25) is 0 Å². The van der Waals surface area contributed by atoms with E-state index < -0.39 is 5.54 Å². The van der Waals surface area contributed by atoms with Crippen molar-refractivity contribution in [3.63, 3.8) is 0 Å². The van der Waals surface area contributed by atoms with Crippen LogP contribution < -0.4 is 16.1 Å². The van der Waals surface area contributed by atoms with Crippen LogP contribution in [0.4, 0.5) is 0 Å². The minimum Gasteiger partial charge on any atom is -0.388 e. The molecular weight excluding hydrogens is 446 g/mol.